The van der Waals surface area contributed by atoms with Crippen molar-refractivity contribution in [1.82, 2.24) is 4.72 Å². The Morgan fingerprint density at radius 2 is 1.52 bits per heavy atom. The predicted molar refractivity (Wildman–Crippen MR) is 100 cm³/mol. The van der Waals surface area contributed by atoms with Gasteiger partial charge in [-0.05, 0) is 30.4 Å². The molecule has 0 spiro atoms. The lowest BCUT2D eigenvalue weighted by atomic mass is 9.74. The zero-order chi connectivity index (χ0) is 17.6. The average Bonchev–Trinajstić information content (AvgIpc) is 2.67. The monoisotopic (exact) mass is 359 g/mol. The van der Waals surface area contributed by atoms with E-state index < -0.39 is 10.0 Å². The molecule has 1 aliphatic rings. The van der Waals surface area contributed by atoms with Crippen LogP contribution in [0.5, 0.6) is 0 Å². The summed E-state index contributed by atoms with van der Waals surface area (Å²) in [5.74, 6) is 0.110. The van der Waals surface area contributed by atoms with Crippen LogP contribution in [0.1, 0.15) is 24.0 Å². The highest BCUT2D eigenvalue weighted by atomic mass is 32.2. The van der Waals surface area contributed by atoms with Gasteiger partial charge in [0.1, 0.15) is 0 Å². The molecule has 0 amide bonds. The van der Waals surface area contributed by atoms with Crippen molar-refractivity contribution in [2.75, 3.05) is 25.5 Å². The van der Waals surface area contributed by atoms with Crippen LogP contribution in [0.25, 0.3) is 0 Å². The fourth-order valence-corrected chi connectivity index (χ4v) is 4.48. The summed E-state index contributed by atoms with van der Waals surface area (Å²) in [6.07, 6.45) is 2.19. The van der Waals surface area contributed by atoms with Crippen LogP contribution < -0.4 is 4.72 Å². The standard InChI is InChI=1S/C20H25NO3S/c22-25(23,16-11-18-7-3-1-4-8-18)21-17-20(12-14-24-15-13-20)19-9-5-2-6-10-19/h1-10,21H,11-17H2. The van der Waals surface area contributed by atoms with Crippen LogP contribution in [0, 0.1) is 0 Å². The zero-order valence-corrected chi connectivity index (χ0v) is 15.2. The van der Waals surface area contributed by atoms with Crippen LogP contribution in [0.4, 0.5) is 0 Å². The molecule has 0 aromatic heterocycles. The van der Waals surface area contributed by atoms with Gasteiger partial charge < -0.3 is 4.74 Å². The van der Waals surface area contributed by atoms with E-state index in [-0.39, 0.29) is 11.2 Å². The van der Waals surface area contributed by atoms with Gasteiger partial charge in [-0.1, -0.05) is 60.7 Å². The molecule has 1 aliphatic heterocycles. The van der Waals surface area contributed by atoms with Crippen molar-refractivity contribution >= 4 is 10.0 Å². The summed E-state index contributed by atoms with van der Waals surface area (Å²) in [6, 6.07) is 19.9. The maximum absolute atomic E-state index is 12.5. The van der Waals surface area contributed by atoms with Crippen molar-refractivity contribution in [2.45, 2.75) is 24.7 Å². The maximum atomic E-state index is 12.5. The minimum Gasteiger partial charge on any atom is -0.381 e. The van der Waals surface area contributed by atoms with E-state index in [1.54, 1.807) is 0 Å². The van der Waals surface area contributed by atoms with Gasteiger partial charge in [0.15, 0.2) is 0 Å². The van der Waals surface area contributed by atoms with Crippen LogP contribution in [0.2, 0.25) is 0 Å². The topological polar surface area (TPSA) is 55.4 Å². The first-order valence-corrected chi connectivity index (χ1v) is 10.4. The summed E-state index contributed by atoms with van der Waals surface area (Å²) in [5.41, 5.74) is 2.04. The highest BCUT2D eigenvalue weighted by Gasteiger charge is 2.35. The Morgan fingerprint density at radius 3 is 2.16 bits per heavy atom. The lowest BCUT2D eigenvalue weighted by Crippen LogP contribution is -2.45. The molecule has 0 radical (unpaired) electrons. The van der Waals surface area contributed by atoms with E-state index in [2.05, 4.69) is 16.9 Å². The Labute approximate surface area is 150 Å². The number of hydrogen-bond acceptors (Lipinski definition) is 3. The fraction of sp³-hybridized carbons (Fsp3) is 0.400. The van der Waals surface area contributed by atoms with Gasteiger partial charge in [-0.15, -0.1) is 0 Å². The van der Waals surface area contributed by atoms with E-state index in [4.69, 9.17) is 4.74 Å². The van der Waals surface area contributed by atoms with Gasteiger partial charge >= 0.3 is 0 Å². The van der Waals surface area contributed by atoms with Gasteiger partial charge in [0.25, 0.3) is 0 Å². The normalized spacial score (nSPS) is 17.3. The average molecular weight is 359 g/mol. The quantitative estimate of drug-likeness (QED) is 0.827. The number of sulfonamides is 1. The lowest BCUT2D eigenvalue weighted by Gasteiger charge is -2.37. The highest BCUT2D eigenvalue weighted by molar-refractivity contribution is 7.89. The second-order valence-corrected chi connectivity index (χ2v) is 8.56. The Bertz CT molecular complexity index is 754. The Morgan fingerprint density at radius 1 is 0.920 bits per heavy atom. The Hall–Kier alpha value is -1.69. The summed E-state index contributed by atoms with van der Waals surface area (Å²) in [5, 5.41) is 0. The van der Waals surface area contributed by atoms with Crippen LogP contribution in [0.3, 0.4) is 0 Å². The minimum atomic E-state index is -3.32. The zero-order valence-electron chi connectivity index (χ0n) is 14.4. The van der Waals surface area contributed by atoms with E-state index in [0.717, 1.165) is 18.4 Å². The number of aryl methyl sites for hydroxylation is 1. The molecule has 5 heteroatoms. The molecular formula is C20H25NO3S. The van der Waals surface area contributed by atoms with E-state index in [1.165, 1.54) is 5.56 Å². The van der Waals surface area contributed by atoms with Gasteiger partial charge in [0, 0.05) is 25.2 Å². The smallest absolute Gasteiger partial charge is 0.211 e. The third-order valence-corrected chi connectivity index (χ3v) is 6.29. The fourth-order valence-electron chi connectivity index (χ4n) is 3.34. The SMILES string of the molecule is O=S(=O)(CCc1ccccc1)NCC1(c2ccccc2)CCOCC1. The molecular weight excluding hydrogens is 334 g/mol. The molecule has 1 heterocycles. The second kappa shape index (κ2) is 8.13. The van der Waals surface area contributed by atoms with Gasteiger partial charge in [-0.3, -0.25) is 0 Å². The van der Waals surface area contributed by atoms with Gasteiger partial charge in [-0.2, -0.15) is 0 Å². The number of ether oxygens (including phenoxy) is 1. The Kier molecular flexibility index (Phi) is 5.89. The number of nitrogens with one attached hydrogen (secondary N) is 1. The molecule has 134 valence electrons. The third-order valence-electron chi connectivity index (χ3n) is 4.97. The van der Waals surface area contributed by atoms with E-state index in [0.29, 0.717) is 26.2 Å². The van der Waals surface area contributed by atoms with E-state index >= 15 is 0 Å². The summed E-state index contributed by atoms with van der Waals surface area (Å²) >= 11 is 0. The first kappa shape index (κ1) is 18.1. The lowest BCUT2D eigenvalue weighted by molar-refractivity contribution is 0.0517. The number of benzene rings is 2. The summed E-state index contributed by atoms with van der Waals surface area (Å²) < 4.78 is 33.3. The molecule has 0 atom stereocenters. The molecule has 25 heavy (non-hydrogen) atoms. The predicted octanol–water partition coefficient (Wildman–Crippen LogP) is 2.90. The molecule has 1 saturated heterocycles. The maximum Gasteiger partial charge on any atom is 0.211 e. The molecule has 1 N–H and O–H groups in total. The first-order chi connectivity index (χ1) is 12.1. The largest absolute Gasteiger partial charge is 0.381 e. The highest BCUT2D eigenvalue weighted by Crippen LogP contribution is 2.34. The van der Waals surface area contributed by atoms with Crippen molar-refractivity contribution in [3.05, 3.63) is 71.8 Å². The van der Waals surface area contributed by atoms with Gasteiger partial charge in [-0.25, -0.2) is 13.1 Å². The minimum absolute atomic E-state index is 0.110. The molecule has 0 unspecified atom stereocenters. The third kappa shape index (κ3) is 4.91. The van der Waals surface area contributed by atoms with Gasteiger partial charge in [0.2, 0.25) is 10.0 Å². The molecule has 2 aromatic rings. The molecule has 4 nitrogen and oxygen atoms in total. The number of rotatable bonds is 7. The van der Waals surface area contributed by atoms with Crippen LogP contribution in [0.15, 0.2) is 60.7 Å². The molecule has 2 aromatic carbocycles. The first-order valence-electron chi connectivity index (χ1n) is 8.74. The van der Waals surface area contributed by atoms with Crippen molar-refractivity contribution in [1.29, 1.82) is 0 Å². The van der Waals surface area contributed by atoms with Crippen molar-refractivity contribution in [3.63, 3.8) is 0 Å². The Balaban J connectivity index is 1.66. The summed E-state index contributed by atoms with van der Waals surface area (Å²) in [6.45, 7) is 1.76. The van der Waals surface area contributed by atoms with Crippen molar-refractivity contribution in [2.24, 2.45) is 0 Å². The second-order valence-electron chi connectivity index (χ2n) is 6.63. The van der Waals surface area contributed by atoms with E-state index in [1.807, 2.05) is 48.5 Å². The van der Waals surface area contributed by atoms with Crippen molar-refractivity contribution in [3.8, 4) is 0 Å². The van der Waals surface area contributed by atoms with Crippen LogP contribution >= 0.6 is 0 Å². The van der Waals surface area contributed by atoms with Crippen LogP contribution in [-0.4, -0.2) is 33.9 Å². The van der Waals surface area contributed by atoms with Crippen molar-refractivity contribution < 1.29 is 13.2 Å². The summed E-state index contributed by atoms with van der Waals surface area (Å²) in [7, 11) is -3.32. The van der Waals surface area contributed by atoms with Gasteiger partial charge in [0.05, 0.1) is 5.75 Å². The molecule has 3 rings (SSSR count). The molecule has 0 saturated carbocycles. The summed E-state index contributed by atoms with van der Waals surface area (Å²) in [4.78, 5) is 0. The number of hydrogen-bond donors (Lipinski definition) is 1. The molecule has 0 aliphatic carbocycles. The molecule has 0 bridgehead atoms. The molecule has 1 fully saturated rings. The van der Waals surface area contributed by atoms with E-state index in [9.17, 15) is 8.42 Å². The van der Waals surface area contributed by atoms with Crippen LogP contribution in [-0.2, 0) is 26.6 Å².